The number of carbonyl (C=O) groups is 1. The molecule has 0 radical (unpaired) electrons. The molecule has 26 heavy (non-hydrogen) atoms. The van der Waals surface area contributed by atoms with Gasteiger partial charge in [0.15, 0.2) is 5.56 Å². The molecular weight excluding hydrogens is 343 g/mol. The molecule has 0 amide bonds. The molecule has 1 N–H and O–H groups in total. The summed E-state index contributed by atoms with van der Waals surface area (Å²) in [7, 11) is 3.88. The second kappa shape index (κ2) is 7.65. The predicted molar refractivity (Wildman–Crippen MR) is 91.3 cm³/mol. The van der Waals surface area contributed by atoms with Gasteiger partial charge >= 0.3 is 11.7 Å². The van der Waals surface area contributed by atoms with Crippen molar-refractivity contribution < 1.29 is 13.9 Å². The number of methoxy groups -OCH3 is 1. The van der Waals surface area contributed by atoms with Gasteiger partial charge in [-0.1, -0.05) is 12.1 Å². The quantitative estimate of drug-likeness (QED) is 0.777. The van der Waals surface area contributed by atoms with Gasteiger partial charge in [0.2, 0.25) is 0 Å². The van der Waals surface area contributed by atoms with E-state index in [4.69, 9.17) is 4.74 Å². The smallest absolute Gasteiger partial charge is 0.332 e. The van der Waals surface area contributed by atoms with Crippen LogP contribution in [0.25, 0.3) is 0 Å². The molecule has 0 aliphatic carbocycles. The van der Waals surface area contributed by atoms with Crippen molar-refractivity contribution in [2.75, 3.05) is 19.0 Å². The Morgan fingerprint density at radius 3 is 2.42 bits per heavy atom. The maximum Gasteiger partial charge on any atom is 0.332 e. The lowest BCUT2D eigenvalue weighted by Gasteiger charge is -2.19. The van der Waals surface area contributed by atoms with Crippen LogP contribution in [0.3, 0.4) is 0 Å². The Kier molecular flexibility index (Phi) is 5.57. The van der Waals surface area contributed by atoms with Crippen LogP contribution in [0.5, 0.6) is 0 Å². The number of ether oxygens (including phenoxy) is 1. The van der Waals surface area contributed by atoms with E-state index in [1.165, 1.54) is 45.5 Å². The summed E-state index contributed by atoms with van der Waals surface area (Å²) in [5.74, 6) is -1.87. The van der Waals surface area contributed by atoms with Crippen LogP contribution in [0.2, 0.25) is 0 Å². The lowest BCUT2D eigenvalue weighted by molar-refractivity contribution is -0.142. The minimum atomic E-state index is -0.827. The van der Waals surface area contributed by atoms with Gasteiger partial charge in [-0.15, -0.1) is 0 Å². The number of anilines is 1. The third-order valence-electron chi connectivity index (χ3n) is 4.01. The van der Waals surface area contributed by atoms with Crippen molar-refractivity contribution in [2.45, 2.75) is 5.92 Å². The number of benzene rings is 1. The molecule has 0 saturated heterocycles. The first-order valence-electron chi connectivity index (χ1n) is 7.59. The fourth-order valence-electron chi connectivity index (χ4n) is 2.53. The summed E-state index contributed by atoms with van der Waals surface area (Å²) in [5.41, 5.74) is -1.13. The third kappa shape index (κ3) is 3.49. The second-order valence-corrected chi connectivity index (χ2v) is 5.55. The first kappa shape index (κ1) is 18.9. The van der Waals surface area contributed by atoms with Crippen molar-refractivity contribution >= 4 is 11.8 Å². The Morgan fingerprint density at radius 2 is 1.88 bits per heavy atom. The summed E-state index contributed by atoms with van der Waals surface area (Å²) in [6, 6.07) is 7.06. The molecular formula is C17H17FN4O4. The highest BCUT2D eigenvalue weighted by atomic mass is 19.1. The number of carbonyl (C=O) groups excluding carboxylic acids is 1. The number of rotatable bonds is 5. The Morgan fingerprint density at radius 1 is 1.27 bits per heavy atom. The van der Waals surface area contributed by atoms with Gasteiger partial charge in [-0.25, -0.2) is 9.18 Å². The van der Waals surface area contributed by atoms with Crippen LogP contribution in [0, 0.1) is 17.1 Å². The van der Waals surface area contributed by atoms with Crippen LogP contribution in [-0.4, -0.2) is 28.8 Å². The Bertz CT molecular complexity index is 986. The van der Waals surface area contributed by atoms with Gasteiger partial charge < -0.3 is 10.1 Å². The third-order valence-corrected chi connectivity index (χ3v) is 4.01. The second-order valence-electron chi connectivity index (χ2n) is 5.55. The lowest BCUT2D eigenvalue weighted by Crippen LogP contribution is -2.40. The molecule has 2 aromatic rings. The summed E-state index contributed by atoms with van der Waals surface area (Å²) in [4.78, 5) is 36.2. The minimum Gasteiger partial charge on any atom is -0.468 e. The summed E-state index contributed by atoms with van der Waals surface area (Å²) in [6.07, 6.45) is 0. The maximum atomic E-state index is 13.1. The van der Waals surface area contributed by atoms with E-state index >= 15 is 0 Å². The highest BCUT2D eigenvalue weighted by molar-refractivity contribution is 5.79. The van der Waals surface area contributed by atoms with E-state index in [0.717, 1.165) is 9.13 Å². The first-order chi connectivity index (χ1) is 12.3. The summed E-state index contributed by atoms with van der Waals surface area (Å²) in [6.45, 7) is -0.0621. The molecule has 1 unspecified atom stereocenters. The van der Waals surface area contributed by atoms with Crippen molar-refractivity contribution in [1.29, 1.82) is 5.26 Å². The molecule has 0 saturated carbocycles. The molecule has 1 aromatic carbocycles. The average molecular weight is 360 g/mol. The molecule has 0 aliphatic heterocycles. The van der Waals surface area contributed by atoms with Crippen LogP contribution in [0.4, 0.5) is 10.2 Å². The zero-order valence-corrected chi connectivity index (χ0v) is 14.4. The van der Waals surface area contributed by atoms with Crippen LogP contribution < -0.4 is 16.6 Å². The largest absolute Gasteiger partial charge is 0.468 e. The van der Waals surface area contributed by atoms with E-state index in [2.05, 4.69) is 5.32 Å². The fourth-order valence-corrected chi connectivity index (χ4v) is 2.53. The van der Waals surface area contributed by atoms with E-state index in [1.54, 1.807) is 6.07 Å². The fraction of sp³-hybridized carbons (Fsp3) is 0.294. The number of hydrogen-bond donors (Lipinski definition) is 1. The summed E-state index contributed by atoms with van der Waals surface area (Å²) < 4.78 is 19.8. The van der Waals surface area contributed by atoms with Gasteiger partial charge in [-0.3, -0.25) is 18.7 Å². The molecule has 1 aromatic heterocycles. The van der Waals surface area contributed by atoms with Crippen LogP contribution in [0.15, 0.2) is 33.9 Å². The van der Waals surface area contributed by atoms with Gasteiger partial charge in [0.25, 0.3) is 5.56 Å². The van der Waals surface area contributed by atoms with E-state index in [1.807, 2.05) is 0 Å². The number of nitriles is 1. The lowest BCUT2D eigenvalue weighted by atomic mass is 9.99. The topological polar surface area (TPSA) is 106 Å². The number of nitrogens with zero attached hydrogens (tertiary/aromatic N) is 3. The van der Waals surface area contributed by atoms with Crippen molar-refractivity contribution in [3.05, 3.63) is 62.0 Å². The van der Waals surface area contributed by atoms with E-state index in [9.17, 15) is 24.0 Å². The Balaban J connectivity index is 2.43. The van der Waals surface area contributed by atoms with Gasteiger partial charge in [0, 0.05) is 20.6 Å². The van der Waals surface area contributed by atoms with Crippen molar-refractivity contribution in [2.24, 2.45) is 14.1 Å². The predicted octanol–water partition coefficient (Wildman–Crippen LogP) is 0.463. The van der Waals surface area contributed by atoms with Crippen LogP contribution in [0.1, 0.15) is 17.0 Å². The summed E-state index contributed by atoms with van der Waals surface area (Å²) >= 11 is 0. The van der Waals surface area contributed by atoms with Gasteiger partial charge in [0.1, 0.15) is 17.7 Å². The SMILES string of the molecule is COC(=O)C(CNc1c(C#N)c(=O)n(C)c(=O)n1C)c1ccc(F)cc1. The molecule has 0 aliphatic rings. The zero-order valence-electron chi connectivity index (χ0n) is 14.4. The molecule has 1 atom stereocenters. The van der Waals surface area contributed by atoms with E-state index in [0.29, 0.717) is 5.56 Å². The van der Waals surface area contributed by atoms with Crippen molar-refractivity contribution in [1.82, 2.24) is 9.13 Å². The normalized spacial score (nSPS) is 11.5. The highest BCUT2D eigenvalue weighted by Crippen LogP contribution is 2.19. The number of nitrogens with one attached hydrogen (secondary N) is 1. The standard InChI is InChI=1S/C17H17FN4O4/c1-21-14(12(8-19)15(23)22(2)17(21)25)20-9-13(16(24)26-3)10-4-6-11(18)7-5-10/h4-7,13,20H,9H2,1-3H3. The number of halogens is 1. The molecule has 2 rings (SSSR count). The molecule has 0 spiro atoms. The number of esters is 1. The molecule has 9 heteroatoms. The van der Waals surface area contributed by atoms with E-state index in [-0.39, 0.29) is 17.9 Å². The van der Waals surface area contributed by atoms with Crippen molar-refractivity contribution in [3.63, 3.8) is 0 Å². The van der Waals surface area contributed by atoms with Crippen LogP contribution in [-0.2, 0) is 23.6 Å². The summed E-state index contributed by atoms with van der Waals surface area (Å²) in [5, 5.41) is 12.1. The van der Waals surface area contributed by atoms with E-state index < -0.39 is 29.0 Å². The molecule has 0 bridgehead atoms. The molecule has 136 valence electrons. The maximum absolute atomic E-state index is 13.1. The van der Waals surface area contributed by atoms with Crippen LogP contribution >= 0.6 is 0 Å². The molecule has 0 fully saturated rings. The van der Waals surface area contributed by atoms with Gasteiger partial charge in [0.05, 0.1) is 13.0 Å². The molecule has 1 heterocycles. The average Bonchev–Trinajstić information content (AvgIpc) is 2.65. The van der Waals surface area contributed by atoms with Gasteiger partial charge in [-0.2, -0.15) is 5.26 Å². The van der Waals surface area contributed by atoms with Crippen molar-refractivity contribution in [3.8, 4) is 6.07 Å². The van der Waals surface area contributed by atoms with Gasteiger partial charge in [-0.05, 0) is 17.7 Å². The highest BCUT2D eigenvalue weighted by Gasteiger charge is 2.23. The molecule has 8 nitrogen and oxygen atoms in total. The Labute approximate surface area is 148 Å². The monoisotopic (exact) mass is 360 g/mol. The first-order valence-corrected chi connectivity index (χ1v) is 7.59. The number of aromatic nitrogens is 2. The minimum absolute atomic E-state index is 0.00313. The Hall–Kier alpha value is -3.41. The zero-order chi connectivity index (χ0) is 19.4. The number of hydrogen-bond acceptors (Lipinski definition) is 6.